The molecule has 0 saturated heterocycles. The van der Waals surface area contributed by atoms with Gasteiger partial charge in [0.2, 0.25) is 0 Å². The smallest absolute Gasteiger partial charge is 0.0780 e. The number of quaternary nitrogens is 1. The van der Waals surface area contributed by atoms with Gasteiger partial charge in [-0.25, -0.2) is 0 Å². The third-order valence-corrected chi connectivity index (χ3v) is 3.43. The zero-order chi connectivity index (χ0) is 13.0. The Kier molecular flexibility index (Phi) is 16.0. The van der Waals surface area contributed by atoms with E-state index in [0.29, 0.717) is 0 Å². The summed E-state index contributed by atoms with van der Waals surface area (Å²) in [7, 11) is 6.86. The van der Waals surface area contributed by atoms with Crippen molar-refractivity contribution in [2.24, 2.45) is 0 Å². The Hall–Kier alpha value is 0.440. The Morgan fingerprint density at radius 1 is 0.556 bits per heavy atom. The van der Waals surface area contributed by atoms with Crippen molar-refractivity contribution >= 4 is 0 Å². The predicted octanol–water partition coefficient (Wildman–Crippen LogP) is 2.01. The van der Waals surface area contributed by atoms with Crippen LogP contribution in [-0.2, 0) is 0 Å². The van der Waals surface area contributed by atoms with Gasteiger partial charge < -0.3 is 21.5 Å². The fourth-order valence-corrected chi connectivity index (χ4v) is 2.25. The molecule has 2 heteroatoms. The molecule has 0 aliphatic carbocycles. The molecule has 0 amide bonds. The number of halogens is 1. The lowest BCUT2D eigenvalue weighted by Crippen LogP contribution is -3.00. The lowest BCUT2D eigenvalue weighted by molar-refractivity contribution is -0.870. The molecule has 0 aliphatic heterocycles. The largest absolute Gasteiger partial charge is 1.00 e. The van der Waals surface area contributed by atoms with Crippen molar-refractivity contribution in [3.8, 4) is 0 Å². The summed E-state index contributed by atoms with van der Waals surface area (Å²) in [5, 5.41) is 0. The maximum atomic E-state index is 2.29. The molecule has 0 N–H and O–H groups in total. The summed E-state index contributed by atoms with van der Waals surface area (Å²) >= 11 is 0. The molecule has 0 aliphatic rings. The molecule has 0 saturated carbocycles. The molecular formula is C16H36BrN. The highest BCUT2D eigenvalue weighted by Crippen LogP contribution is 2.11. The van der Waals surface area contributed by atoms with Gasteiger partial charge in [0.25, 0.3) is 0 Å². The van der Waals surface area contributed by atoms with Crippen LogP contribution in [0.2, 0.25) is 0 Å². The first-order valence-electron chi connectivity index (χ1n) is 7.86. The Balaban J connectivity index is 0. The maximum Gasteiger partial charge on any atom is 0.0780 e. The van der Waals surface area contributed by atoms with Gasteiger partial charge >= 0.3 is 0 Å². The molecule has 0 heterocycles. The van der Waals surface area contributed by atoms with Gasteiger partial charge in [0.1, 0.15) is 0 Å². The lowest BCUT2D eigenvalue weighted by atomic mass is 10.1. The Morgan fingerprint density at radius 3 is 1.22 bits per heavy atom. The summed E-state index contributed by atoms with van der Waals surface area (Å²) in [4.78, 5) is 0. The molecule has 0 atom stereocenters. The third-order valence-electron chi connectivity index (χ3n) is 3.43. The fraction of sp³-hybridized carbons (Fsp3) is 1.00. The molecule has 0 radical (unpaired) electrons. The molecular weight excluding hydrogens is 286 g/mol. The number of hydrogen-bond donors (Lipinski definition) is 0. The number of rotatable bonds is 12. The van der Waals surface area contributed by atoms with E-state index in [4.69, 9.17) is 0 Å². The zero-order valence-corrected chi connectivity index (χ0v) is 14.9. The van der Waals surface area contributed by atoms with Gasteiger partial charge in [-0.1, -0.05) is 64.7 Å². The molecule has 0 unspecified atom stereocenters. The highest BCUT2D eigenvalue weighted by atomic mass is 79.9. The molecule has 112 valence electrons. The molecule has 0 aromatic carbocycles. The first kappa shape index (κ1) is 20.8. The molecule has 0 bridgehead atoms. The van der Waals surface area contributed by atoms with Crippen LogP contribution in [0.3, 0.4) is 0 Å². The summed E-state index contributed by atoms with van der Waals surface area (Å²) in [6.45, 7) is 3.62. The molecule has 0 spiro atoms. The zero-order valence-electron chi connectivity index (χ0n) is 13.3. The Morgan fingerprint density at radius 2 is 0.889 bits per heavy atom. The van der Waals surface area contributed by atoms with Crippen molar-refractivity contribution in [2.75, 3.05) is 27.7 Å². The van der Waals surface area contributed by atoms with Crippen LogP contribution in [0.15, 0.2) is 0 Å². The summed E-state index contributed by atoms with van der Waals surface area (Å²) in [5.74, 6) is 0. The van der Waals surface area contributed by atoms with E-state index in [1.165, 1.54) is 77.2 Å². The van der Waals surface area contributed by atoms with E-state index in [1.54, 1.807) is 0 Å². The number of nitrogens with zero attached hydrogens (tertiary/aromatic N) is 1. The molecule has 18 heavy (non-hydrogen) atoms. The van der Waals surface area contributed by atoms with Crippen molar-refractivity contribution < 1.29 is 21.5 Å². The average molecular weight is 322 g/mol. The highest BCUT2D eigenvalue weighted by Gasteiger charge is 2.04. The van der Waals surface area contributed by atoms with Crippen LogP contribution >= 0.6 is 0 Å². The molecule has 0 aromatic heterocycles. The van der Waals surface area contributed by atoms with E-state index in [9.17, 15) is 0 Å². The average Bonchev–Trinajstić information content (AvgIpc) is 2.24. The quantitative estimate of drug-likeness (QED) is 0.381. The Labute approximate surface area is 127 Å². The summed E-state index contributed by atoms with van der Waals surface area (Å²) in [5.41, 5.74) is 0. The first-order valence-corrected chi connectivity index (χ1v) is 7.86. The number of unbranched alkanes of at least 4 members (excludes halogenated alkanes) is 10. The van der Waals surface area contributed by atoms with Crippen molar-refractivity contribution in [2.45, 2.75) is 77.6 Å². The molecule has 1 nitrogen and oxygen atoms in total. The van der Waals surface area contributed by atoms with Crippen LogP contribution in [0.4, 0.5) is 0 Å². The summed E-state index contributed by atoms with van der Waals surface area (Å²) in [6, 6.07) is 0. The van der Waals surface area contributed by atoms with Crippen LogP contribution in [0.5, 0.6) is 0 Å². The van der Waals surface area contributed by atoms with Gasteiger partial charge in [-0.2, -0.15) is 0 Å². The van der Waals surface area contributed by atoms with Crippen LogP contribution in [0, 0.1) is 0 Å². The SMILES string of the molecule is CCCCCCCCCCCCC[N+](C)(C)C.[Br-]. The van der Waals surface area contributed by atoms with E-state index >= 15 is 0 Å². The van der Waals surface area contributed by atoms with Crippen LogP contribution in [0.25, 0.3) is 0 Å². The first-order chi connectivity index (χ1) is 8.06. The summed E-state index contributed by atoms with van der Waals surface area (Å²) < 4.78 is 1.12. The number of hydrogen-bond acceptors (Lipinski definition) is 0. The minimum absolute atomic E-state index is 0. The third kappa shape index (κ3) is 18.8. The van der Waals surface area contributed by atoms with Crippen molar-refractivity contribution in [1.29, 1.82) is 0 Å². The van der Waals surface area contributed by atoms with Crippen molar-refractivity contribution in [3.05, 3.63) is 0 Å². The van der Waals surface area contributed by atoms with Gasteiger partial charge in [0.05, 0.1) is 27.7 Å². The summed E-state index contributed by atoms with van der Waals surface area (Å²) in [6.07, 6.45) is 15.9. The molecule has 0 rings (SSSR count). The van der Waals surface area contributed by atoms with Gasteiger partial charge in [0.15, 0.2) is 0 Å². The van der Waals surface area contributed by atoms with Crippen LogP contribution < -0.4 is 17.0 Å². The highest BCUT2D eigenvalue weighted by molar-refractivity contribution is 4.47. The monoisotopic (exact) mass is 321 g/mol. The minimum atomic E-state index is 0. The van der Waals surface area contributed by atoms with E-state index in [2.05, 4.69) is 28.1 Å². The van der Waals surface area contributed by atoms with Crippen molar-refractivity contribution in [3.63, 3.8) is 0 Å². The molecule has 0 fully saturated rings. The second kappa shape index (κ2) is 13.9. The van der Waals surface area contributed by atoms with E-state index in [0.717, 1.165) is 4.48 Å². The van der Waals surface area contributed by atoms with E-state index < -0.39 is 0 Å². The van der Waals surface area contributed by atoms with Crippen LogP contribution in [0.1, 0.15) is 77.6 Å². The van der Waals surface area contributed by atoms with Gasteiger partial charge in [-0.05, 0) is 12.8 Å². The fourth-order valence-electron chi connectivity index (χ4n) is 2.25. The second-order valence-electron chi connectivity index (χ2n) is 6.55. The minimum Gasteiger partial charge on any atom is -1.00 e. The van der Waals surface area contributed by atoms with Gasteiger partial charge in [-0.15, -0.1) is 0 Å². The van der Waals surface area contributed by atoms with Crippen molar-refractivity contribution in [1.82, 2.24) is 0 Å². The molecule has 0 aromatic rings. The normalized spacial score (nSPS) is 11.3. The Bertz CT molecular complexity index is 152. The van der Waals surface area contributed by atoms with E-state index in [-0.39, 0.29) is 17.0 Å². The lowest BCUT2D eigenvalue weighted by Gasteiger charge is -2.23. The maximum absolute atomic E-state index is 2.29. The second-order valence-corrected chi connectivity index (χ2v) is 6.55. The standard InChI is InChI=1S/C16H36N.BrH/c1-5-6-7-8-9-10-11-12-13-14-15-16-17(2,3)4;/h5-16H2,1-4H3;1H/q+1;/p-1. The topological polar surface area (TPSA) is 0 Å². The van der Waals surface area contributed by atoms with Crippen LogP contribution in [-0.4, -0.2) is 32.2 Å². The van der Waals surface area contributed by atoms with Gasteiger partial charge in [0, 0.05) is 0 Å². The van der Waals surface area contributed by atoms with Gasteiger partial charge in [-0.3, -0.25) is 0 Å². The predicted molar refractivity (Wildman–Crippen MR) is 79.4 cm³/mol. The van der Waals surface area contributed by atoms with E-state index in [1.807, 2.05) is 0 Å².